The zero-order chi connectivity index (χ0) is 21.9. The largest absolute Gasteiger partial charge is 0.419 e. The van der Waals surface area contributed by atoms with Crippen molar-refractivity contribution in [3.63, 3.8) is 0 Å². The summed E-state index contributed by atoms with van der Waals surface area (Å²) >= 11 is 0. The SMILES string of the molecule is C=C/C(=C(\NC)NCCNCC(O)CN1CCc2ccccc21)C(F)(F)F.CC. The van der Waals surface area contributed by atoms with Crippen molar-refractivity contribution in [3.05, 3.63) is 53.9 Å². The molecule has 0 aliphatic carbocycles. The van der Waals surface area contributed by atoms with E-state index in [0.717, 1.165) is 24.7 Å². The molecule has 29 heavy (non-hydrogen) atoms. The molecule has 0 spiro atoms. The van der Waals surface area contributed by atoms with E-state index in [4.69, 9.17) is 0 Å². The zero-order valence-electron chi connectivity index (χ0n) is 17.4. The van der Waals surface area contributed by atoms with Crippen LogP contribution in [0.5, 0.6) is 0 Å². The van der Waals surface area contributed by atoms with Gasteiger partial charge in [0.25, 0.3) is 0 Å². The molecule has 0 fully saturated rings. The number of anilines is 1. The lowest BCUT2D eigenvalue weighted by molar-refractivity contribution is -0.0895. The number of nitrogens with zero attached hydrogens (tertiary/aromatic N) is 1. The molecule has 1 aromatic rings. The van der Waals surface area contributed by atoms with Crippen molar-refractivity contribution in [2.45, 2.75) is 32.5 Å². The maximum atomic E-state index is 12.9. The average molecular weight is 415 g/mol. The summed E-state index contributed by atoms with van der Waals surface area (Å²) in [7, 11) is 1.42. The summed E-state index contributed by atoms with van der Waals surface area (Å²) in [4.78, 5) is 2.15. The molecule has 5 nitrogen and oxygen atoms in total. The minimum Gasteiger partial charge on any atom is -0.390 e. The quantitative estimate of drug-likeness (QED) is 0.350. The molecule has 0 radical (unpaired) electrons. The minimum absolute atomic E-state index is 0.117. The van der Waals surface area contributed by atoms with Gasteiger partial charge in [0.2, 0.25) is 0 Å². The van der Waals surface area contributed by atoms with Crippen LogP contribution in [0.3, 0.4) is 0 Å². The number of hydrogen-bond acceptors (Lipinski definition) is 5. The molecule has 1 aromatic carbocycles. The number of aliphatic hydroxyl groups excluding tert-OH is 1. The molecule has 0 amide bonds. The van der Waals surface area contributed by atoms with Gasteiger partial charge in [0.05, 0.1) is 11.7 Å². The van der Waals surface area contributed by atoms with Crippen molar-refractivity contribution in [2.24, 2.45) is 0 Å². The van der Waals surface area contributed by atoms with Gasteiger partial charge in [0.1, 0.15) is 5.82 Å². The van der Waals surface area contributed by atoms with Crippen LogP contribution < -0.4 is 20.9 Å². The molecule has 1 aliphatic heterocycles. The topological polar surface area (TPSA) is 59.6 Å². The molecule has 0 saturated heterocycles. The summed E-state index contributed by atoms with van der Waals surface area (Å²) in [5.41, 5.74) is 1.61. The van der Waals surface area contributed by atoms with Gasteiger partial charge in [0, 0.05) is 45.5 Å². The van der Waals surface area contributed by atoms with Crippen LogP contribution in [-0.4, -0.2) is 57.2 Å². The van der Waals surface area contributed by atoms with Crippen molar-refractivity contribution in [1.29, 1.82) is 0 Å². The highest BCUT2D eigenvalue weighted by Crippen LogP contribution is 2.28. The summed E-state index contributed by atoms with van der Waals surface area (Å²) < 4.78 is 38.6. The fourth-order valence-electron chi connectivity index (χ4n) is 3.14. The van der Waals surface area contributed by atoms with Crippen LogP contribution in [0.4, 0.5) is 18.9 Å². The van der Waals surface area contributed by atoms with Crippen molar-refractivity contribution in [1.82, 2.24) is 16.0 Å². The van der Waals surface area contributed by atoms with Crippen molar-refractivity contribution in [3.8, 4) is 0 Å². The summed E-state index contributed by atoms with van der Waals surface area (Å²) in [6.07, 6.45) is -3.27. The van der Waals surface area contributed by atoms with Crippen LogP contribution in [-0.2, 0) is 6.42 Å². The van der Waals surface area contributed by atoms with E-state index in [1.807, 2.05) is 26.0 Å². The number of hydrogen-bond donors (Lipinski definition) is 4. The van der Waals surface area contributed by atoms with Crippen molar-refractivity contribution < 1.29 is 18.3 Å². The van der Waals surface area contributed by atoms with Gasteiger partial charge in [-0.05, 0) is 18.1 Å². The third-order valence-corrected chi connectivity index (χ3v) is 4.43. The molecule has 1 heterocycles. The number of β-amino-alcohol motifs (C(OH)–C–C–N with tert-alkyl or cyclic N) is 1. The Morgan fingerprint density at radius 2 is 1.97 bits per heavy atom. The molecule has 164 valence electrons. The number of aliphatic hydroxyl groups is 1. The van der Waals surface area contributed by atoms with Gasteiger partial charge in [-0.2, -0.15) is 13.2 Å². The van der Waals surface area contributed by atoms with Gasteiger partial charge in [0.15, 0.2) is 0 Å². The number of halogens is 3. The van der Waals surface area contributed by atoms with E-state index in [9.17, 15) is 18.3 Å². The van der Waals surface area contributed by atoms with Gasteiger partial charge in [-0.15, -0.1) is 0 Å². The summed E-state index contributed by atoms with van der Waals surface area (Å²) in [5, 5.41) is 18.5. The molecule has 1 aliphatic rings. The molecule has 4 N–H and O–H groups in total. The van der Waals surface area contributed by atoms with E-state index in [1.54, 1.807) is 0 Å². The first-order valence-electron chi connectivity index (χ1n) is 9.94. The number of benzene rings is 1. The van der Waals surface area contributed by atoms with Crippen LogP contribution >= 0.6 is 0 Å². The van der Waals surface area contributed by atoms with Crippen LogP contribution in [0, 0.1) is 0 Å². The lowest BCUT2D eigenvalue weighted by atomic mass is 10.2. The predicted molar refractivity (Wildman–Crippen MR) is 113 cm³/mol. The summed E-state index contributed by atoms with van der Waals surface area (Å²) in [6.45, 7) is 9.69. The summed E-state index contributed by atoms with van der Waals surface area (Å²) in [5.74, 6) is -0.117. The Balaban J connectivity index is 0.00000204. The first kappa shape index (κ1) is 24.8. The number of allylic oxidation sites excluding steroid dienone is 2. The lowest BCUT2D eigenvalue weighted by Gasteiger charge is -2.23. The maximum Gasteiger partial charge on any atom is 0.419 e. The van der Waals surface area contributed by atoms with Crippen LogP contribution in [0.25, 0.3) is 0 Å². The predicted octanol–water partition coefficient (Wildman–Crippen LogP) is 2.79. The molecular weight excluding hydrogens is 381 g/mol. The summed E-state index contributed by atoms with van der Waals surface area (Å²) in [6, 6.07) is 8.14. The van der Waals surface area contributed by atoms with Crippen LogP contribution in [0.15, 0.2) is 48.3 Å². The van der Waals surface area contributed by atoms with E-state index < -0.39 is 17.9 Å². The van der Waals surface area contributed by atoms with Crippen molar-refractivity contribution >= 4 is 5.69 Å². The Morgan fingerprint density at radius 3 is 2.59 bits per heavy atom. The van der Waals surface area contributed by atoms with Gasteiger partial charge in [-0.25, -0.2) is 0 Å². The standard InChI is InChI=1S/C19H27F3N4O.C2H6/c1-3-16(19(20,21)22)18(23-2)25-10-9-24-12-15(27)13-26-11-8-14-6-4-5-7-17(14)26;1-2/h3-7,15,23-25,27H,1,8-13H2,2H3;1-2H3/b18-16-;. The highest BCUT2D eigenvalue weighted by Gasteiger charge is 2.34. The highest BCUT2D eigenvalue weighted by molar-refractivity contribution is 5.57. The number of fused-ring (bicyclic) bond motifs is 1. The number of rotatable bonds is 10. The van der Waals surface area contributed by atoms with E-state index in [2.05, 4.69) is 39.6 Å². The molecule has 1 unspecified atom stereocenters. The Morgan fingerprint density at radius 1 is 1.28 bits per heavy atom. The minimum atomic E-state index is -4.47. The van der Waals surface area contributed by atoms with Gasteiger partial charge >= 0.3 is 6.18 Å². The monoisotopic (exact) mass is 414 g/mol. The second kappa shape index (κ2) is 12.4. The Bertz CT molecular complexity index is 662. The highest BCUT2D eigenvalue weighted by atomic mass is 19.4. The molecule has 1 atom stereocenters. The lowest BCUT2D eigenvalue weighted by Crippen LogP contribution is -2.40. The van der Waals surface area contributed by atoms with Crippen LogP contribution in [0.2, 0.25) is 0 Å². The smallest absolute Gasteiger partial charge is 0.390 e. The maximum absolute atomic E-state index is 12.9. The van der Waals surface area contributed by atoms with E-state index in [-0.39, 0.29) is 12.4 Å². The first-order chi connectivity index (χ1) is 13.9. The molecule has 0 bridgehead atoms. The van der Waals surface area contributed by atoms with Gasteiger partial charge in [-0.1, -0.05) is 44.7 Å². The van der Waals surface area contributed by atoms with Crippen LogP contribution in [0.1, 0.15) is 19.4 Å². The number of nitrogens with one attached hydrogen (secondary N) is 3. The molecule has 8 heteroatoms. The molecular formula is C21H33F3N4O. The molecule has 0 aromatic heterocycles. The second-order valence-electron chi connectivity index (χ2n) is 6.35. The first-order valence-corrected chi connectivity index (χ1v) is 9.94. The van der Waals surface area contributed by atoms with E-state index in [0.29, 0.717) is 19.6 Å². The van der Waals surface area contributed by atoms with Gasteiger partial charge in [-0.3, -0.25) is 0 Å². The second-order valence-corrected chi connectivity index (χ2v) is 6.35. The van der Waals surface area contributed by atoms with Gasteiger partial charge < -0.3 is 26.0 Å². The third-order valence-electron chi connectivity index (χ3n) is 4.43. The fourth-order valence-corrected chi connectivity index (χ4v) is 3.14. The zero-order valence-corrected chi connectivity index (χ0v) is 17.4. The Kier molecular flexibility index (Phi) is 10.6. The normalized spacial score (nSPS) is 14.9. The Hall–Kier alpha value is -2.19. The Labute approximate surface area is 171 Å². The molecule has 2 rings (SSSR count). The molecule has 0 saturated carbocycles. The fraction of sp³-hybridized carbons (Fsp3) is 0.524. The van der Waals surface area contributed by atoms with E-state index >= 15 is 0 Å². The number of alkyl halides is 3. The average Bonchev–Trinajstić information content (AvgIpc) is 3.10. The van der Waals surface area contributed by atoms with E-state index in [1.165, 1.54) is 12.6 Å². The van der Waals surface area contributed by atoms with Crippen molar-refractivity contribution in [2.75, 3.05) is 44.7 Å². The third kappa shape index (κ3) is 7.62. The number of para-hydroxylation sites is 1.